The van der Waals surface area contributed by atoms with Crippen LogP contribution in [0.25, 0.3) is 0 Å². The van der Waals surface area contributed by atoms with Crippen LogP contribution in [0.1, 0.15) is 31.2 Å². The van der Waals surface area contributed by atoms with Gasteiger partial charge in [-0.2, -0.15) is 0 Å². The molecule has 17 heavy (non-hydrogen) atoms. The Kier molecular flexibility index (Phi) is 4.93. The third-order valence-electron chi connectivity index (χ3n) is 2.59. The van der Waals surface area contributed by atoms with Crippen LogP contribution in [0.5, 0.6) is 5.75 Å². The quantitative estimate of drug-likeness (QED) is 0.904. The fraction of sp³-hybridized carbons (Fsp3) is 0.417. The van der Waals surface area contributed by atoms with E-state index >= 15 is 0 Å². The number of halogens is 2. The molecule has 0 saturated carbocycles. The molecule has 0 aliphatic carbocycles. The number of hydrogen-bond donors (Lipinski definition) is 1. The maximum Gasteiger partial charge on any atom is 0.303 e. The molecule has 0 aromatic heterocycles. The number of benzene rings is 1. The van der Waals surface area contributed by atoms with E-state index in [1.54, 1.807) is 6.07 Å². The molecule has 0 aliphatic heterocycles. The van der Waals surface area contributed by atoms with Gasteiger partial charge in [0.15, 0.2) is 0 Å². The van der Waals surface area contributed by atoms with Gasteiger partial charge in [-0.25, -0.2) is 4.39 Å². The van der Waals surface area contributed by atoms with Gasteiger partial charge in [-0.1, -0.05) is 6.92 Å². The maximum atomic E-state index is 13.3. The van der Waals surface area contributed by atoms with Crippen LogP contribution >= 0.6 is 15.9 Å². The second kappa shape index (κ2) is 6.00. The van der Waals surface area contributed by atoms with Crippen LogP contribution in [0.15, 0.2) is 16.6 Å². The van der Waals surface area contributed by atoms with Gasteiger partial charge in [0.2, 0.25) is 0 Å². The highest BCUT2D eigenvalue weighted by atomic mass is 79.9. The van der Waals surface area contributed by atoms with E-state index in [0.29, 0.717) is 16.6 Å². The Morgan fingerprint density at radius 3 is 2.76 bits per heavy atom. The number of hydrogen-bond acceptors (Lipinski definition) is 2. The minimum absolute atomic E-state index is 0.00190. The highest BCUT2D eigenvalue weighted by Crippen LogP contribution is 2.33. The molecule has 1 aromatic carbocycles. The molecule has 1 rings (SSSR count). The summed E-state index contributed by atoms with van der Waals surface area (Å²) in [5.41, 5.74) is 0.807. The Labute approximate surface area is 108 Å². The van der Waals surface area contributed by atoms with Crippen molar-refractivity contribution in [3.63, 3.8) is 0 Å². The largest absolute Gasteiger partial charge is 0.496 e. The molecular formula is C12H14BrFO3. The van der Waals surface area contributed by atoms with Crippen LogP contribution in [0.2, 0.25) is 0 Å². The zero-order valence-electron chi connectivity index (χ0n) is 9.67. The summed E-state index contributed by atoms with van der Waals surface area (Å²) in [6.45, 7) is 1.89. The Bertz CT molecular complexity index is 420. The Hall–Kier alpha value is -1.10. The molecule has 1 N–H and O–H groups in total. The molecule has 0 fully saturated rings. The summed E-state index contributed by atoms with van der Waals surface area (Å²) >= 11 is 3.11. The van der Waals surface area contributed by atoms with Crippen LogP contribution in [0.4, 0.5) is 4.39 Å². The van der Waals surface area contributed by atoms with Crippen molar-refractivity contribution in [3.8, 4) is 5.75 Å². The zero-order chi connectivity index (χ0) is 13.0. The van der Waals surface area contributed by atoms with Gasteiger partial charge >= 0.3 is 5.97 Å². The van der Waals surface area contributed by atoms with Crippen molar-refractivity contribution in [2.75, 3.05) is 7.11 Å². The first-order valence-electron chi connectivity index (χ1n) is 5.20. The highest BCUT2D eigenvalue weighted by molar-refractivity contribution is 9.10. The van der Waals surface area contributed by atoms with Crippen LogP contribution in [-0.4, -0.2) is 18.2 Å². The number of carbonyl (C=O) groups is 1. The molecule has 0 amide bonds. The molecule has 1 atom stereocenters. The topological polar surface area (TPSA) is 46.5 Å². The average Bonchev–Trinajstić information content (AvgIpc) is 2.28. The standard InChI is InChI=1S/C12H14BrFO3/c1-7(3-4-12(15)16)8-5-9(13)10(14)6-11(8)17-2/h5-7H,3-4H2,1-2H3,(H,15,16). The van der Waals surface area contributed by atoms with E-state index in [9.17, 15) is 9.18 Å². The second-order valence-electron chi connectivity index (χ2n) is 3.84. The van der Waals surface area contributed by atoms with Gasteiger partial charge in [-0.3, -0.25) is 4.79 Å². The number of aliphatic carboxylic acids is 1. The number of ether oxygens (including phenoxy) is 1. The Morgan fingerprint density at radius 1 is 1.59 bits per heavy atom. The fourth-order valence-electron chi connectivity index (χ4n) is 1.60. The lowest BCUT2D eigenvalue weighted by Gasteiger charge is -2.15. The minimum Gasteiger partial charge on any atom is -0.496 e. The maximum absolute atomic E-state index is 13.3. The number of methoxy groups -OCH3 is 1. The fourth-order valence-corrected chi connectivity index (χ4v) is 1.96. The van der Waals surface area contributed by atoms with Crippen LogP contribution in [0.3, 0.4) is 0 Å². The van der Waals surface area contributed by atoms with Crippen molar-refractivity contribution in [2.45, 2.75) is 25.7 Å². The summed E-state index contributed by atoms with van der Waals surface area (Å²) in [4.78, 5) is 10.5. The number of rotatable bonds is 5. The third kappa shape index (κ3) is 3.70. The summed E-state index contributed by atoms with van der Waals surface area (Å²) in [5.74, 6) is -0.783. The van der Waals surface area contributed by atoms with Gasteiger partial charge in [-0.15, -0.1) is 0 Å². The van der Waals surface area contributed by atoms with Gasteiger partial charge in [0, 0.05) is 12.5 Å². The van der Waals surface area contributed by atoms with E-state index in [1.807, 2.05) is 6.92 Å². The molecule has 0 saturated heterocycles. The molecule has 3 nitrogen and oxygen atoms in total. The SMILES string of the molecule is COc1cc(F)c(Br)cc1C(C)CCC(=O)O. The smallest absolute Gasteiger partial charge is 0.303 e. The van der Waals surface area contributed by atoms with E-state index in [4.69, 9.17) is 9.84 Å². The third-order valence-corrected chi connectivity index (χ3v) is 3.20. The molecule has 1 aromatic rings. The number of carboxylic acid groups (broad SMARTS) is 1. The molecular weight excluding hydrogens is 291 g/mol. The van der Waals surface area contributed by atoms with Gasteiger partial charge in [-0.05, 0) is 39.9 Å². The highest BCUT2D eigenvalue weighted by Gasteiger charge is 2.15. The van der Waals surface area contributed by atoms with Crippen molar-refractivity contribution in [3.05, 3.63) is 28.0 Å². The van der Waals surface area contributed by atoms with Crippen molar-refractivity contribution < 1.29 is 19.0 Å². The van der Waals surface area contributed by atoms with Gasteiger partial charge in [0.05, 0.1) is 11.6 Å². The van der Waals surface area contributed by atoms with Crippen molar-refractivity contribution >= 4 is 21.9 Å². The second-order valence-corrected chi connectivity index (χ2v) is 4.70. The summed E-state index contributed by atoms with van der Waals surface area (Å²) in [7, 11) is 1.47. The molecule has 0 spiro atoms. The summed E-state index contributed by atoms with van der Waals surface area (Å²) in [6.07, 6.45) is 0.573. The Balaban J connectivity index is 2.95. The molecule has 0 radical (unpaired) electrons. The normalized spacial score (nSPS) is 12.2. The van der Waals surface area contributed by atoms with Gasteiger partial charge in [0.1, 0.15) is 11.6 Å². The molecule has 5 heteroatoms. The molecule has 1 unspecified atom stereocenters. The average molecular weight is 305 g/mol. The first kappa shape index (κ1) is 14.0. The predicted molar refractivity (Wildman–Crippen MR) is 65.9 cm³/mol. The first-order valence-corrected chi connectivity index (χ1v) is 5.99. The zero-order valence-corrected chi connectivity index (χ0v) is 11.3. The van der Waals surface area contributed by atoms with Crippen molar-refractivity contribution in [1.82, 2.24) is 0 Å². The monoisotopic (exact) mass is 304 g/mol. The van der Waals surface area contributed by atoms with E-state index in [2.05, 4.69) is 15.9 Å². The van der Waals surface area contributed by atoms with Gasteiger partial charge in [0.25, 0.3) is 0 Å². The molecule has 0 aliphatic rings. The van der Waals surface area contributed by atoms with Crippen LogP contribution < -0.4 is 4.74 Å². The Morgan fingerprint density at radius 2 is 2.24 bits per heavy atom. The van der Waals surface area contributed by atoms with E-state index in [1.165, 1.54) is 13.2 Å². The summed E-state index contributed by atoms with van der Waals surface area (Å²) < 4.78 is 18.8. The van der Waals surface area contributed by atoms with E-state index in [0.717, 1.165) is 5.56 Å². The van der Waals surface area contributed by atoms with Crippen molar-refractivity contribution in [1.29, 1.82) is 0 Å². The summed E-state index contributed by atoms with van der Waals surface area (Å²) in [6, 6.07) is 2.94. The van der Waals surface area contributed by atoms with E-state index in [-0.39, 0.29) is 12.3 Å². The van der Waals surface area contributed by atoms with Gasteiger partial charge < -0.3 is 9.84 Å². The lowest BCUT2D eigenvalue weighted by atomic mass is 9.95. The van der Waals surface area contributed by atoms with E-state index < -0.39 is 11.8 Å². The first-order chi connectivity index (χ1) is 7.95. The van der Waals surface area contributed by atoms with Crippen LogP contribution in [-0.2, 0) is 4.79 Å². The summed E-state index contributed by atoms with van der Waals surface area (Å²) in [5, 5.41) is 8.63. The molecule has 94 valence electrons. The predicted octanol–water partition coefficient (Wildman–Crippen LogP) is 3.57. The molecule has 0 heterocycles. The molecule has 0 bridgehead atoms. The van der Waals surface area contributed by atoms with Crippen LogP contribution in [0, 0.1) is 5.82 Å². The minimum atomic E-state index is -0.836. The van der Waals surface area contributed by atoms with Crippen molar-refractivity contribution in [2.24, 2.45) is 0 Å². The lowest BCUT2D eigenvalue weighted by Crippen LogP contribution is -2.03. The lowest BCUT2D eigenvalue weighted by molar-refractivity contribution is -0.137. The number of carboxylic acids is 1.